The maximum absolute atomic E-state index is 12.4. The highest BCUT2D eigenvalue weighted by molar-refractivity contribution is 7.18. The molecule has 0 spiro atoms. The highest BCUT2D eigenvalue weighted by Gasteiger charge is 2.16. The van der Waals surface area contributed by atoms with Crippen molar-refractivity contribution >= 4 is 39.9 Å². The molecule has 2 aromatic carbocycles. The van der Waals surface area contributed by atoms with E-state index in [9.17, 15) is 9.59 Å². The molecule has 0 aliphatic carbocycles. The third kappa shape index (κ3) is 4.94. The lowest BCUT2D eigenvalue weighted by molar-refractivity contribution is 0.0918. The molecule has 3 aromatic rings. The van der Waals surface area contributed by atoms with E-state index in [4.69, 9.17) is 11.6 Å². The molecule has 2 N–H and O–H groups in total. The number of hydrogen-bond acceptors (Lipinski definition) is 5. The largest absolute Gasteiger partial charge is 0.347 e. The van der Waals surface area contributed by atoms with Crippen LogP contribution in [-0.4, -0.2) is 27.6 Å². The first kappa shape index (κ1) is 20.0. The summed E-state index contributed by atoms with van der Waals surface area (Å²) >= 11 is 7.40. The maximum atomic E-state index is 12.4. The number of hydrogen-bond donors (Lipinski definition) is 2. The molecule has 1 aromatic heterocycles. The lowest BCUT2D eigenvalue weighted by Gasteiger charge is -2.20. The van der Waals surface area contributed by atoms with E-state index in [0.717, 1.165) is 5.56 Å². The fraction of sp³-hybridized carbons (Fsp3) is 0.200. The number of rotatable bonds is 4. The van der Waals surface area contributed by atoms with Gasteiger partial charge in [0.1, 0.15) is 0 Å². The smallest absolute Gasteiger partial charge is 0.257 e. The predicted molar refractivity (Wildman–Crippen MR) is 112 cm³/mol. The van der Waals surface area contributed by atoms with E-state index in [2.05, 4.69) is 20.8 Å². The molecule has 0 aliphatic rings. The Hall–Kier alpha value is -2.77. The standard InChI is InChI=1S/C20H19ClN4O2S/c1-20(2,3)23-17(27)13-10-8-12(9-11-13)16(26)22-19-25-24-18(28-19)14-6-4-5-7-15(14)21/h4-11H,1-3H3,(H,23,27)(H,22,25,26). The quantitative estimate of drug-likeness (QED) is 0.651. The lowest BCUT2D eigenvalue weighted by Crippen LogP contribution is -2.40. The van der Waals surface area contributed by atoms with Crippen molar-refractivity contribution in [1.29, 1.82) is 0 Å². The van der Waals surface area contributed by atoms with Gasteiger partial charge in [0.25, 0.3) is 11.8 Å². The van der Waals surface area contributed by atoms with E-state index in [1.54, 1.807) is 30.3 Å². The number of carbonyl (C=O) groups is 2. The Bertz CT molecular complexity index is 1010. The first-order valence-electron chi connectivity index (χ1n) is 8.55. The summed E-state index contributed by atoms with van der Waals surface area (Å²) in [4.78, 5) is 24.6. The van der Waals surface area contributed by atoms with Crippen LogP contribution in [0.5, 0.6) is 0 Å². The molecule has 1 heterocycles. The molecule has 0 fully saturated rings. The summed E-state index contributed by atoms with van der Waals surface area (Å²) in [5, 5.41) is 15.2. The summed E-state index contributed by atoms with van der Waals surface area (Å²) < 4.78 is 0. The molecule has 0 atom stereocenters. The maximum Gasteiger partial charge on any atom is 0.257 e. The number of benzene rings is 2. The monoisotopic (exact) mass is 414 g/mol. The Kier molecular flexibility index (Phi) is 5.76. The minimum Gasteiger partial charge on any atom is -0.347 e. The second-order valence-electron chi connectivity index (χ2n) is 7.13. The fourth-order valence-electron chi connectivity index (χ4n) is 2.37. The zero-order valence-corrected chi connectivity index (χ0v) is 17.2. The number of aromatic nitrogens is 2. The minimum atomic E-state index is -0.329. The van der Waals surface area contributed by atoms with Crippen molar-refractivity contribution in [2.24, 2.45) is 0 Å². The number of carbonyl (C=O) groups excluding carboxylic acids is 2. The van der Waals surface area contributed by atoms with Gasteiger partial charge in [-0.3, -0.25) is 14.9 Å². The van der Waals surface area contributed by atoms with Crippen LogP contribution < -0.4 is 10.6 Å². The third-order valence-corrected chi connectivity index (χ3v) is 4.85. The number of nitrogens with one attached hydrogen (secondary N) is 2. The van der Waals surface area contributed by atoms with Crippen molar-refractivity contribution < 1.29 is 9.59 Å². The Morgan fingerprint density at radius 1 is 0.929 bits per heavy atom. The Labute approximate surface area is 172 Å². The van der Waals surface area contributed by atoms with Gasteiger partial charge < -0.3 is 5.32 Å². The first-order chi connectivity index (χ1) is 13.2. The van der Waals surface area contributed by atoms with Crippen LogP contribution in [0.15, 0.2) is 48.5 Å². The van der Waals surface area contributed by atoms with Gasteiger partial charge in [0.2, 0.25) is 5.13 Å². The molecule has 0 aliphatic heterocycles. The Morgan fingerprint density at radius 2 is 1.54 bits per heavy atom. The van der Waals surface area contributed by atoms with Crippen LogP contribution in [0.3, 0.4) is 0 Å². The van der Waals surface area contributed by atoms with E-state index in [1.165, 1.54) is 11.3 Å². The summed E-state index contributed by atoms with van der Waals surface area (Å²) in [5.74, 6) is -0.516. The van der Waals surface area contributed by atoms with Gasteiger partial charge >= 0.3 is 0 Å². The van der Waals surface area contributed by atoms with Crippen molar-refractivity contribution in [3.8, 4) is 10.6 Å². The Morgan fingerprint density at radius 3 is 2.14 bits per heavy atom. The molecule has 8 heteroatoms. The first-order valence-corrected chi connectivity index (χ1v) is 9.75. The predicted octanol–water partition coefficient (Wildman–Crippen LogP) is 4.64. The van der Waals surface area contributed by atoms with Gasteiger partial charge in [0, 0.05) is 22.2 Å². The number of anilines is 1. The normalized spacial score (nSPS) is 11.1. The van der Waals surface area contributed by atoms with Gasteiger partial charge in [-0.05, 0) is 51.1 Å². The molecule has 0 saturated heterocycles. The molecule has 0 unspecified atom stereocenters. The van der Waals surface area contributed by atoms with Crippen molar-refractivity contribution in [2.45, 2.75) is 26.3 Å². The minimum absolute atomic E-state index is 0.187. The number of halogens is 1. The van der Waals surface area contributed by atoms with E-state index in [0.29, 0.717) is 26.3 Å². The van der Waals surface area contributed by atoms with Crippen LogP contribution in [0.25, 0.3) is 10.6 Å². The van der Waals surface area contributed by atoms with Gasteiger partial charge in [-0.2, -0.15) is 0 Å². The van der Waals surface area contributed by atoms with Crippen molar-refractivity contribution in [3.05, 3.63) is 64.7 Å². The van der Waals surface area contributed by atoms with Crippen LogP contribution in [0.2, 0.25) is 5.02 Å². The van der Waals surface area contributed by atoms with Crippen molar-refractivity contribution in [3.63, 3.8) is 0 Å². The second kappa shape index (κ2) is 8.08. The fourth-order valence-corrected chi connectivity index (χ4v) is 3.43. The number of nitrogens with zero attached hydrogens (tertiary/aromatic N) is 2. The second-order valence-corrected chi connectivity index (χ2v) is 8.51. The lowest BCUT2D eigenvalue weighted by atomic mass is 10.1. The molecule has 2 amide bonds. The average molecular weight is 415 g/mol. The molecule has 0 radical (unpaired) electrons. The van der Waals surface area contributed by atoms with Crippen LogP contribution in [0.4, 0.5) is 5.13 Å². The van der Waals surface area contributed by atoms with Gasteiger partial charge in [0.05, 0.1) is 5.02 Å². The van der Waals surface area contributed by atoms with Gasteiger partial charge in [0.15, 0.2) is 5.01 Å². The van der Waals surface area contributed by atoms with Crippen LogP contribution in [0.1, 0.15) is 41.5 Å². The molecular weight excluding hydrogens is 396 g/mol. The van der Waals surface area contributed by atoms with E-state index >= 15 is 0 Å². The summed E-state index contributed by atoms with van der Waals surface area (Å²) in [5.41, 5.74) is 1.34. The zero-order valence-electron chi connectivity index (χ0n) is 15.6. The van der Waals surface area contributed by atoms with E-state index in [1.807, 2.05) is 39.0 Å². The van der Waals surface area contributed by atoms with Gasteiger partial charge in [-0.15, -0.1) is 10.2 Å². The van der Waals surface area contributed by atoms with Crippen LogP contribution in [-0.2, 0) is 0 Å². The highest BCUT2D eigenvalue weighted by Crippen LogP contribution is 2.31. The van der Waals surface area contributed by atoms with E-state index in [-0.39, 0.29) is 17.4 Å². The summed E-state index contributed by atoms with van der Waals surface area (Å²) in [7, 11) is 0. The van der Waals surface area contributed by atoms with Gasteiger partial charge in [-0.1, -0.05) is 41.1 Å². The molecule has 3 rings (SSSR count). The van der Waals surface area contributed by atoms with Crippen molar-refractivity contribution in [2.75, 3.05) is 5.32 Å². The molecular formula is C20H19ClN4O2S. The van der Waals surface area contributed by atoms with Crippen LogP contribution in [0, 0.1) is 0 Å². The highest BCUT2D eigenvalue weighted by atomic mass is 35.5. The Balaban J connectivity index is 1.69. The SMILES string of the molecule is CC(C)(C)NC(=O)c1ccc(C(=O)Nc2nnc(-c3ccccc3Cl)s2)cc1. The topological polar surface area (TPSA) is 84.0 Å². The zero-order chi connectivity index (χ0) is 20.3. The summed E-state index contributed by atoms with van der Waals surface area (Å²) in [6, 6.07) is 13.7. The van der Waals surface area contributed by atoms with Crippen LogP contribution >= 0.6 is 22.9 Å². The molecule has 28 heavy (non-hydrogen) atoms. The number of amides is 2. The molecule has 144 valence electrons. The van der Waals surface area contributed by atoms with Crippen molar-refractivity contribution in [1.82, 2.24) is 15.5 Å². The molecule has 0 bridgehead atoms. The third-order valence-electron chi connectivity index (χ3n) is 3.65. The van der Waals surface area contributed by atoms with E-state index < -0.39 is 0 Å². The summed E-state index contributed by atoms with van der Waals surface area (Å²) in [6.45, 7) is 5.73. The molecule has 6 nitrogen and oxygen atoms in total. The average Bonchev–Trinajstić information content (AvgIpc) is 3.09. The van der Waals surface area contributed by atoms with Gasteiger partial charge in [-0.25, -0.2) is 0 Å². The molecule has 0 saturated carbocycles. The summed E-state index contributed by atoms with van der Waals surface area (Å²) in [6.07, 6.45) is 0.